The average molecular weight is 265 g/mol. The molecule has 2 heteroatoms. The first-order valence-electron chi connectivity index (χ1n) is 7.26. The van der Waals surface area contributed by atoms with Crippen molar-refractivity contribution in [2.24, 2.45) is 11.8 Å². The van der Waals surface area contributed by atoms with Crippen molar-refractivity contribution in [1.29, 1.82) is 0 Å². The zero-order valence-corrected chi connectivity index (χ0v) is 13.0. The summed E-state index contributed by atoms with van der Waals surface area (Å²) in [6.45, 7) is 11.9. The quantitative estimate of drug-likeness (QED) is 0.803. The predicted octanol–water partition coefficient (Wildman–Crippen LogP) is 4.42. The van der Waals surface area contributed by atoms with Gasteiger partial charge in [-0.25, -0.2) is 4.39 Å². The fourth-order valence-corrected chi connectivity index (χ4v) is 2.33. The highest BCUT2D eigenvalue weighted by Gasteiger charge is 2.17. The molecule has 0 aliphatic rings. The largest absolute Gasteiger partial charge is 0.312 e. The van der Waals surface area contributed by atoms with Crippen LogP contribution in [-0.4, -0.2) is 12.1 Å². The van der Waals surface area contributed by atoms with E-state index >= 15 is 0 Å². The molecular weight excluding hydrogens is 237 g/mol. The highest BCUT2D eigenvalue weighted by Crippen LogP contribution is 2.19. The Balaban J connectivity index is 2.66. The van der Waals surface area contributed by atoms with Crippen LogP contribution < -0.4 is 5.32 Å². The maximum Gasteiger partial charge on any atom is 0.126 e. The molecule has 1 atom stereocenters. The molecule has 0 saturated heterocycles. The van der Waals surface area contributed by atoms with Gasteiger partial charge in [0.2, 0.25) is 0 Å². The van der Waals surface area contributed by atoms with Crippen LogP contribution in [-0.2, 0) is 6.42 Å². The summed E-state index contributed by atoms with van der Waals surface area (Å²) in [4.78, 5) is 0. The summed E-state index contributed by atoms with van der Waals surface area (Å²) in [5.41, 5.74) is 0.952. The Labute approximate surface area is 117 Å². The van der Waals surface area contributed by atoms with E-state index in [0.29, 0.717) is 11.8 Å². The summed E-state index contributed by atoms with van der Waals surface area (Å²) in [7, 11) is 0. The maximum atomic E-state index is 13.7. The molecule has 19 heavy (non-hydrogen) atoms. The Kier molecular flexibility index (Phi) is 5.99. The van der Waals surface area contributed by atoms with Gasteiger partial charge in [0, 0.05) is 5.54 Å². The standard InChI is InChI=1S/C17H28FN/c1-13(2)10-14(12-19-17(3,4)5)11-15-8-6-7-9-16(15)18/h6-9,13-14,19H,10-12H2,1-5H3. The van der Waals surface area contributed by atoms with Gasteiger partial charge >= 0.3 is 0 Å². The van der Waals surface area contributed by atoms with E-state index in [-0.39, 0.29) is 11.4 Å². The molecule has 0 fully saturated rings. The zero-order chi connectivity index (χ0) is 14.5. The first-order valence-corrected chi connectivity index (χ1v) is 7.26. The fraction of sp³-hybridized carbons (Fsp3) is 0.647. The Morgan fingerprint density at radius 2 is 1.79 bits per heavy atom. The van der Waals surface area contributed by atoms with Crippen molar-refractivity contribution in [3.8, 4) is 0 Å². The van der Waals surface area contributed by atoms with Crippen LogP contribution in [0.4, 0.5) is 4.39 Å². The first-order chi connectivity index (χ1) is 8.78. The highest BCUT2D eigenvalue weighted by molar-refractivity contribution is 5.17. The highest BCUT2D eigenvalue weighted by atomic mass is 19.1. The molecule has 1 aromatic rings. The molecule has 1 nitrogen and oxygen atoms in total. The number of hydrogen-bond donors (Lipinski definition) is 1. The third kappa shape index (κ3) is 6.72. The molecule has 0 spiro atoms. The fourth-order valence-electron chi connectivity index (χ4n) is 2.33. The molecule has 0 radical (unpaired) electrons. The topological polar surface area (TPSA) is 12.0 Å². The van der Waals surface area contributed by atoms with Gasteiger partial charge in [0.25, 0.3) is 0 Å². The van der Waals surface area contributed by atoms with E-state index < -0.39 is 0 Å². The maximum absolute atomic E-state index is 13.7. The van der Waals surface area contributed by atoms with E-state index in [1.807, 2.05) is 12.1 Å². The van der Waals surface area contributed by atoms with Crippen LogP contribution in [0.15, 0.2) is 24.3 Å². The average Bonchev–Trinajstić information content (AvgIpc) is 2.27. The van der Waals surface area contributed by atoms with E-state index in [4.69, 9.17) is 0 Å². The van der Waals surface area contributed by atoms with E-state index in [0.717, 1.165) is 24.9 Å². The number of halogens is 1. The Hall–Kier alpha value is -0.890. The molecule has 1 rings (SSSR count). The molecule has 0 saturated carbocycles. The molecule has 1 N–H and O–H groups in total. The normalized spacial score (nSPS) is 13.8. The first kappa shape index (κ1) is 16.2. The molecule has 0 amide bonds. The van der Waals surface area contributed by atoms with Crippen molar-refractivity contribution >= 4 is 0 Å². The molecule has 0 aliphatic carbocycles. The Bertz CT molecular complexity index is 379. The molecule has 108 valence electrons. The van der Waals surface area contributed by atoms with Crippen molar-refractivity contribution in [1.82, 2.24) is 5.32 Å². The molecular formula is C17H28FN. The summed E-state index contributed by atoms with van der Waals surface area (Å²) in [5.74, 6) is 1.04. The van der Waals surface area contributed by atoms with Crippen LogP contribution >= 0.6 is 0 Å². The van der Waals surface area contributed by atoms with E-state index in [9.17, 15) is 4.39 Å². The van der Waals surface area contributed by atoms with Gasteiger partial charge in [0.05, 0.1) is 0 Å². The molecule has 1 aromatic carbocycles. The van der Waals surface area contributed by atoms with Gasteiger partial charge in [0.15, 0.2) is 0 Å². The minimum Gasteiger partial charge on any atom is -0.312 e. The van der Waals surface area contributed by atoms with Crippen molar-refractivity contribution in [2.45, 2.75) is 53.0 Å². The summed E-state index contributed by atoms with van der Waals surface area (Å²) >= 11 is 0. The predicted molar refractivity (Wildman–Crippen MR) is 80.8 cm³/mol. The van der Waals surface area contributed by atoms with Gasteiger partial charge in [-0.3, -0.25) is 0 Å². The molecule has 0 bridgehead atoms. The smallest absolute Gasteiger partial charge is 0.126 e. The lowest BCUT2D eigenvalue weighted by Gasteiger charge is -2.26. The number of nitrogens with one attached hydrogen (secondary N) is 1. The summed E-state index contributed by atoms with van der Waals surface area (Å²) < 4.78 is 13.7. The number of hydrogen-bond acceptors (Lipinski definition) is 1. The van der Waals surface area contributed by atoms with Gasteiger partial charge in [-0.05, 0) is 63.6 Å². The summed E-state index contributed by atoms with van der Waals surface area (Å²) in [5, 5.41) is 3.54. The van der Waals surface area contributed by atoms with E-state index in [1.54, 1.807) is 12.1 Å². The van der Waals surface area contributed by atoms with Crippen molar-refractivity contribution in [3.63, 3.8) is 0 Å². The third-order valence-electron chi connectivity index (χ3n) is 3.19. The van der Waals surface area contributed by atoms with Gasteiger partial charge in [-0.15, -0.1) is 0 Å². The lowest BCUT2D eigenvalue weighted by Crippen LogP contribution is -2.40. The summed E-state index contributed by atoms with van der Waals surface area (Å²) in [6.07, 6.45) is 1.94. The van der Waals surface area contributed by atoms with Gasteiger partial charge in [-0.1, -0.05) is 32.0 Å². The van der Waals surface area contributed by atoms with Crippen molar-refractivity contribution in [3.05, 3.63) is 35.6 Å². The van der Waals surface area contributed by atoms with E-state index in [2.05, 4.69) is 39.9 Å². The van der Waals surface area contributed by atoms with Gasteiger partial charge in [0.1, 0.15) is 5.82 Å². The zero-order valence-electron chi connectivity index (χ0n) is 13.0. The second-order valence-corrected chi connectivity index (χ2v) is 6.92. The monoisotopic (exact) mass is 265 g/mol. The van der Waals surface area contributed by atoms with Crippen LogP contribution in [0.25, 0.3) is 0 Å². The molecule has 0 heterocycles. The Morgan fingerprint density at radius 1 is 1.16 bits per heavy atom. The van der Waals surface area contributed by atoms with Gasteiger partial charge in [-0.2, -0.15) is 0 Å². The van der Waals surface area contributed by atoms with Crippen LogP contribution in [0.5, 0.6) is 0 Å². The summed E-state index contributed by atoms with van der Waals surface area (Å²) in [6, 6.07) is 7.13. The minimum absolute atomic E-state index is 0.0768. The SMILES string of the molecule is CC(C)CC(CNC(C)(C)C)Cc1ccccc1F. The number of rotatable bonds is 6. The van der Waals surface area contributed by atoms with Crippen LogP contribution in [0, 0.1) is 17.7 Å². The molecule has 0 aromatic heterocycles. The molecule has 0 aliphatic heterocycles. The van der Waals surface area contributed by atoms with Crippen LogP contribution in [0.2, 0.25) is 0 Å². The van der Waals surface area contributed by atoms with Crippen LogP contribution in [0.1, 0.15) is 46.6 Å². The second-order valence-electron chi connectivity index (χ2n) is 6.92. The van der Waals surface area contributed by atoms with Crippen molar-refractivity contribution in [2.75, 3.05) is 6.54 Å². The Morgan fingerprint density at radius 3 is 2.32 bits per heavy atom. The third-order valence-corrected chi connectivity index (χ3v) is 3.19. The second kappa shape index (κ2) is 7.04. The lowest BCUT2D eigenvalue weighted by atomic mass is 9.90. The van der Waals surface area contributed by atoms with Crippen LogP contribution in [0.3, 0.4) is 0 Å². The number of benzene rings is 1. The van der Waals surface area contributed by atoms with Crippen molar-refractivity contribution < 1.29 is 4.39 Å². The minimum atomic E-state index is -0.0768. The lowest BCUT2D eigenvalue weighted by molar-refractivity contribution is 0.329. The van der Waals surface area contributed by atoms with E-state index in [1.165, 1.54) is 0 Å². The molecule has 1 unspecified atom stereocenters. The van der Waals surface area contributed by atoms with Gasteiger partial charge < -0.3 is 5.32 Å².